The predicted octanol–water partition coefficient (Wildman–Crippen LogP) is 4.41. The predicted molar refractivity (Wildman–Crippen MR) is 107 cm³/mol. The number of carbonyl (C=O) groups excluding carboxylic acids is 1. The van der Waals surface area contributed by atoms with Gasteiger partial charge < -0.3 is 15.4 Å². The first-order valence-electron chi connectivity index (χ1n) is 8.60. The van der Waals surface area contributed by atoms with E-state index >= 15 is 0 Å². The number of methoxy groups -OCH3 is 1. The van der Waals surface area contributed by atoms with Crippen molar-refractivity contribution >= 4 is 23.2 Å². The number of nitrogens with zero attached hydrogens (tertiary/aromatic N) is 2. The third-order valence-electron chi connectivity index (χ3n) is 4.34. The maximum atomic E-state index is 12.6. The number of carbonyl (C=O) groups is 1. The maximum absolute atomic E-state index is 12.6. The average Bonchev–Trinajstić information content (AvgIpc) is 2.66. The number of hydrogen-bond acceptors (Lipinski definition) is 5. The van der Waals surface area contributed by atoms with E-state index in [2.05, 4.69) is 20.6 Å². The van der Waals surface area contributed by atoms with Crippen molar-refractivity contribution in [3.05, 3.63) is 71.0 Å². The molecule has 3 aromatic rings. The number of benzene rings is 2. The highest BCUT2D eigenvalue weighted by atomic mass is 16.5. The van der Waals surface area contributed by atoms with Crippen LogP contribution in [0.1, 0.15) is 27.2 Å². The molecule has 2 aromatic carbocycles. The van der Waals surface area contributed by atoms with Crippen molar-refractivity contribution < 1.29 is 9.53 Å². The Labute approximate surface area is 158 Å². The van der Waals surface area contributed by atoms with Crippen LogP contribution in [-0.4, -0.2) is 23.0 Å². The number of aryl methyl sites for hydroxylation is 2. The normalized spacial score (nSPS) is 10.4. The molecule has 3 rings (SSSR count). The summed E-state index contributed by atoms with van der Waals surface area (Å²) in [7, 11) is 1.57. The summed E-state index contributed by atoms with van der Waals surface area (Å²) in [5, 5.41) is 6.03. The molecule has 0 bridgehead atoms. The largest absolute Gasteiger partial charge is 0.495 e. The molecule has 1 aromatic heterocycles. The van der Waals surface area contributed by atoms with Gasteiger partial charge in [-0.1, -0.05) is 18.2 Å². The summed E-state index contributed by atoms with van der Waals surface area (Å²) in [6.07, 6.45) is 1.56. The van der Waals surface area contributed by atoms with E-state index < -0.39 is 0 Å². The second-order valence-electron chi connectivity index (χ2n) is 6.30. The average molecular weight is 362 g/mol. The zero-order valence-corrected chi connectivity index (χ0v) is 15.8. The van der Waals surface area contributed by atoms with E-state index in [4.69, 9.17) is 4.74 Å². The minimum absolute atomic E-state index is 0.265. The molecule has 0 aliphatic carbocycles. The second kappa shape index (κ2) is 7.86. The molecule has 0 saturated heterocycles. The first kappa shape index (κ1) is 18.4. The van der Waals surface area contributed by atoms with Gasteiger partial charge in [-0.3, -0.25) is 4.79 Å². The third-order valence-corrected chi connectivity index (χ3v) is 4.34. The Morgan fingerprint density at radius 1 is 1.04 bits per heavy atom. The Morgan fingerprint density at radius 2 is 1.85 bits per heavy atom. The van der Waals surface area contributed by atoms with Crippen molar-refractivity contribution in [3.63, 3.8) is 0 Å². The lowest BCUT2D eigenvalue weighted by molar-refractivity contribution is 0.102. The number of amides is 1. The molecule has 6 heteroatoms. The van der Waals surface area contributed by atoms with Gasteiger partial charge in [-0.15, -0.1) is 0 Å². The Morgan fingerprint density at radius 3 is 2.63 bits per heavy atom. The fourth-order valence-electron chi connectivity index (χ4n) is 2.66. The number of hydrogen-bond donors (Lipinski definition) is 2. The van der Waals surface area contributed by atoms with Gasteiger partial charge in [-0.25, -0.2) is 9.97 Å². The van der Waals surface area contributed by atoms with Gasteiger partial charge in [-0.2, -0.15) is 0 Å². The van der Waals surface area contributed by atoms with Gasteiger partial charge in [0.25, 0.3) is 5.91 Å². The molecular weight excluding hydrogens is 340 g/mol. The van der Waals surface area contributed by atoms with Gasteiger partial charge in [0.2, 0.25) is 5.95 Å². The molecule has 0 radical (unpaired) electrons. The molecule has 0 spiro atoms. The second-order valence-corrected chi connectivity index (χ2v) is 6.30. The highest BCUT2D eigenvalue weighted by molar-refractivity contribution is 6.03. The number of anilines is 3. The van der Waals surface area contributed by atoms with Crippen molar-refractivity contribution in [2.75, 3.05) is 17.7 Å². The van der Waals surface area contributed by atoms with Crippen LogP contribution in [0.2, 0.25) is 0 Å². The van der Waals surface area contributed by atoms with Crippen LogP contribution in [0.4, 0.5) is 17.3 Å². The highest BCUT2D eigenvalue weighted by Crippen LogP contribution is 2.26. The van der Waals surface area contributed by atoms with E-state index in [-0.39, 0.29) is 11.6 Å². The van der Waals surface area contributed by atoms with Crippen LogP contribution >= 0.6 is 0 Å². The van der Waals surface area contributed by atoms with E-state index in [1.165, 1.54) is 5.56 Å². The van der Waals surface area contributed by atoms with Crippen LogP contribution in [0.3, 0.4) is 0 Å². The van der Waals surface area contributed by atoms with Gasteiger partial charge in [0, 0.05) is 11.9 Å². The molecule has 0 aliphatic heterocycles. The molecule has 27 heavy (non-hydrogen) atoms. The van der Waals surface area contributed by atoms with Crippen LogP contribution in [0.15, 0.2) is 48.7 Å². The number of rotatable bonds is 5. The Bertz CT molecular complexity index is 986. The van der Waals surface area contributed by atoms with E-state index in [0.29, 0.717) is 17.4 Å². The Hall–Kier alpha value is -3.41. The lowest BCUT2D eigenvalue weighted by atomic mass is 10.1. The first-order valence-corrected chi connectivity index (χ1v) is 8.60. The van der Waals surface area contributed by atoms with Crippen molar-refractivity contribution in [2.24, 2.45) is 0 Å². The van der Waals surface area contributed by atoms with E-state index in [1.807, 2.05) is 57.2 Å². The van der Waals surface area contributed by atoms with Gasteiger partial charge >= 0.3 is 0 Å². The van der Waals surface area contributed by atoms with Crippen LogP contribution in [0.25, 0.3) is 0 Å². The summed E-state index contributed by atoms with van der Waals surface area (Å²) in [5.74, 6) is 0.634. The van der Waals surface area contributed by atoms with Gasteiger partial charge in [0.1, 0.15) is 11.4 Å². The number of ether oxygens (including phenoxy) is 1. The van der Waals surface area contributed by atoms with Gasteiger partial charge in [-0.05, 0) is 61.7 Å². The van der Waals surface area contributed by atoms with Gasteiger partial charge in [0.15, 0.2) is 0 Å². The lowest BCUT2D eigenvalue weighted by Crippen LogP contribution is -2.15. The monoisotopic (exact) mass is 362 g/mol. The van der Waals surface area contributed by atoms with Crippen LogP contribution in [-0.2, 0) is 0 Å². The molecule has 2 N–H and O–H groups in total. The zero-order valence-electron chi connectivity index (χ0n) is 15.8. The minimum atomic E-state index is -0.328. The molecule has 0 unspecified atom stereocenters. The summed E-state index contributed by atoms with van der Waals surface area (Å²) < 4.78 is 5.30. The maximum Gasteiger partial charge on any atom is 0.274 e. The lowest BCUT2D eigenvalue weighted by Gasteiger charge is -2.12. The van der Waals surface area contributed by atoms with E-state index in [9.17, 15) is 4.79 Å². The van der Waals surface area contributed by atoms with E-state index in [0.717, 1.165) is 16.8 Å². The minimum Gasteiger partial charge on any atom is -0.495 e. The zero-order chi connectivity index (χ0) is 19.4. The van der Waals surface area contributed by atoms with Crippen molar-refractivity contribution in [1.82, 2.24) is 9.97 Å². The number of nitrogens with one attached hydrogen (secondary N) is 2. The van der Waals surface area contributed by atoms with Crippen LogP contribution in [0, 0.1) is 20.8 Å². The number of aromatic nitrogens is 2. The fraction of sp³-hybridized carbons (Fsp3) is 0.190. The SMILES string of the molecule is COc1ccc(C)cc1NC(=O)c1ccnc(Nc2cccc(C)c2C)n1. The molecule has 0 atom stereocenters. The third kappa shape index (κ3) is 4.23. The molecule has 6 nitrogen and oxygen atoms in total. The van der Waals surface area contributed by atoms with Crippen LogP contribution in [0.5, 0.6) is 5.75 Å². The highest BCUT2D eigenvalue weighted by Gasteiger charge is 2.13. The molecule has 0 aliphatic rings. The molecule has 1 heterocycles. The fourth-order valence-corrected chi connectivity index (χ4v) is 2.66. The Kier molecular flexibility index (Phi) is 5.35. The summed E-state index contributed by atoms with van der Waals surface area (Å²) in [5.41, 5.74) is 5.08. The smallest absolute Gasteiger partial charge is 0.274 e. The van der Waals surface area contributed by atoms with E-state index in [1.54, 1.807) is 19.4 Å². The van der Waals surface area contributed by atoms with Crippen molar-refractivity contribution in [1.29, 1.82) is 0 Å². The summed E-state index contributed by atoms with van der Waals surface area (Å²) in [6, 6.07) is 13.1. The van der Waals surface area contributed by atoms with Crippen LogP contribution < -0.4 is 15.4 Å². The Balaban J connectivity index is 1.82. The molecule has 0 fully saturated rings. The molecular formula is C21H22N4O2. The summed E-state index contributed by atoms with van der Waals surface area (Å²) >= 11 is 0. The first-order chi connectivity index (χ1) is 13.0. The molecule has 0 saturated carbocycles. The summed E-state index contributed by atoms with van der Waals surface area (Å²) in [6.45, 7) is 6.02. The van der Waals surface area contributed by atoms with Gasteiger partial charge in [0.05, 0.1) is 12.8 Å². The van der Waals surface area contributed by atoms with Crippen molar-refractivity contribution in [3.8, 4) is 5.75 Å². The standard InChI is InChI=1S/C21H22N4O2/c1-13-8-9-19(27-4)18(12-13)23-20(26)17-10-11-22-21(25-17)24-16-7-5-6-14(2)15(16)3/h5-12H,1-4H3,(H,23,26)(H,22,24,25). The summed E-state index contributed by atoms with van der Waals surface area (Å²) in [4.78, 5) is 21.2. The quantitative estimate of drug-likeness (QED) is 0.703. The molecule has 1 amide bonds. The molecule has 138 valence electrons. The topological polar surface area (TPSA) is 76.1 Å². The van der Waals surface area contributed by atoms with Crippen molar-refractivity contribution in [2.45, 2.75) is 20.8 Å².